The van der Waals surface area contributed by atoms with E-state index < -0.39 is 0 Å². The minimum atomic E-state index is 0.140. The summed E-state index contributed by atoms with van der Waals surface area (Å²) in [7, 11) is 0. The summed E-state index contributed by atoms with van der Waals surface area (Å²) in [4.78, 5) is 16.1. The van der Waals surface area contributed by atoms with E-state index >= 15 is 0 Å². The SMILES string of the molecule is C=C(CC)C(=O)N1CCN(C(C)C)CC1. The highest BCUT2D eigenvalue weighted by Crippen LogP contribution is 2.09. The molecule has 0 N–H and O–H groups in total. The Morgan fingerprint density at radius 3 is 2.20 bits per heavy atom. The second-order valence-corrected chi connectivity index (χ2v) is 4.38. The normalized spacial score (nSPS) is 18.3. The fourth-order valence-corrected chi connectivity index (χ4v) is 1.82. The van der Waals surface area contributed by atoms with E-state index in [1.54, 1.807) is 0 Å². The average molecular weight is 210 g/mol. The Kier molecular flexibility index (Phi) is 4.33. The second-order valence-electron chi connectivity index (χ2n) is 4.38. The number of amides is 1. The van der Waals surface area contributed by atoms with Gasteiger partial charge in [0.25, 0.3) is 0 Å². The van der Waals surface area contributed by atoms with Crippen LogP contribution in [0.3, 0.4) is 0 Å². The van der Waals surface area contributed by atoms with Crippen molar-refractivity contribution >= 4 is 5.91 Å². The van der Waals surface area contributed by atoms with Gasteiger partial charge in [0.1, 0.15) is 0 Å². The Morgan fingerprint density at radius 1 is 1.27 bits per heavy atom. The third kappa shape index (κ3) is 3.06. The molecular weight excluding hydrogens is 188 g/mol. The standard InChI is InChI=1S/C12H22N2O/c1-5-11(4)12(15)14-8-6-13(7-9-14)10(2)3/h10H,4-9H2,1-3H3. The topological polar surface area (TPSA) is 23.6 Å². The van der Waals surface area contributed by atoms with Crippen molar-refractivity contribution in [3.8, 4) is 0 Å². The highest BCUT2D eigenvalue weighted by Gasteiger charge is 2.22. The van der Waals surface area contributed by atoms with Crippen molar-refractivity contribution in [1.29, 1.82) is 0 Å². The number of hydrogen-bond acceptors (Lipinski definition) is 2. The smallest absolute Gasteiger partial charge is 0.249 e. The zero-order chi connectivity index (χ0) is 11.4. The summed E-state index contributed by atoms with van der Waals surface area (Å²) in [6, 6.07) is 0.580. The van der Waals surface area contributed by atoms with Gasteiger partial charge in [0.2, 0.25) is 5.91 Å². The fraction of sp³-hybridized carbons (Fsp3) is 0.750. The summed E-state index contributed by atoms with van der Waals surface area (Å²) in [5, 5.41) is 0. The first-order valence-corrected chi connectivity index (χ1v) is 5.77. The summed E-state index contributed by atoms with van der Waals surface area (Å²) in [5.41, 5.74) is 0.730. The number of rotatable bonds is 3. The Morgan fingerprint density at radius 2 is 1.80 bits per heavy atom. The molecule has 0 aromatic heterocycles. The van der Waals surface area contributed by atoms with Gasteiger partial charge in [0.05, 0.1) is 0 Å². The third-order valence-electron chi connectivity index (χ3n) is 3.06. The summed E-state index contributed by atoms with van der Waals surface area (Å²) < 4.78 is 0. The molecule has 0 atom stereocenters. The Balaban J connectivity index is 2.44. The van der Waals surface area contributed by atoms with Crippen molar-refractivity contribution in [1.82, 2.24) is 9.80 Å². The molecule has 1 rings (SSSR count). The van der Waals surface area contributed by atoms with Crippen LogP contribution >= 0.6 is 0 Å². The molecule has 1 aliphatic heterocycles. The van der Waals surface area contributed by atoms with Crippen LogP contribution < -0.4 is 0 Å². The lowest BCUT2D eigenvalue weighted by atomic mass is 10.2. The average Bonchev–Trinajstić information content (AvgIpc) is 2.27. The molecular formula is C12H22N2O. The van der Waals surface area contributed by atoms with Crippen molar-refractivity contribution < 1.29 is 4.79 Å². The molecule has 0 unspecified atom stereocenters. The van der Waals surface area contributed by atoms with Crippen LogP contribution in [0.15, 0.2) is 12.2 Å². The van der Waals surface area contributed by atoms with Gasteiger partial charge in [-0.15, -0.1) is 0 Å². The lowest BCUT2D eigenvalue weighted by molar-refractivity contribution is -0.129. The largest absolute Gasteiger partial charge is 0.336 e. The zero-order valence-corrected chi connectivity index (χ0v) is 10.1. The van der Waals surface area contributed by atoms with E-state index in [1.165, 1.54) is 0 Å². The van der Waals surface area contributed by atoms with Crippen LogP contribution in [-0.2, 0) is 4.79 Å². The zero-order valence-electron chi connectivity index (χ0n) is 10.1. The molecule has 1 fully saturated rings. The predicted molar refractivity (Wildman–Crippen MR) is 62.7 cm³/mol. The minimum absolute atomic E-state index is 0.140. The number of nitrogens with zero attached hydrogens (tertiary/aromatic N) is 2. The molecule has 0 aromatic carbocycles. The molecule has 1 heterocycles. The molecule has 1 aliphatic rings. The van der Waals surface area contributed by atoms with Crippen molar-refractivity contribution in [3.05, 3.63) is 12.2 Å². The Bertz CT molecular complexity index is 240. The predicted octanol–water partition coefficient (Wildman–Crippen LogP) is 1.51. The first kappa shape index (κ1) is 12.2. The maximum Gasteiger partial charge on any atom is 0.249 e. The van der Waals surface area contributed by atoms with Crippen molar-refractivity contribution in [2.45, 2.75) is 33.2 Å². The number of piperazine rings is 1. The highest BCUT2D eigenvalue weighted by atomic mass is 16.2. The molecule has 86 valence electrons. The van der Waals surface area contributed by atoms with E-state index in [0.29, 0.717) is 6.04 Å². The van der Waals surface area contributed by atoms with E-state index in [2.05, 4.69) is 25.3 Å². The van der Waals surface area contributed by atoms with Crippen molar-refractivity contribution in [2.75, 3.05) is 26.2 Å². The van der Waals surface area contributed by atoms with Gasteiger partial charge in [-0.3, -0.25) is 9.69 Å². The maximum atomic E-state index is 11.8. The van der Waals surface area contributed by atoms with Crippen LogP contribution in [0.2, 0.25) is 0 Å². The molecule has 0 bridgehead atoms. The van der Waals surface area contributed by atoms with Crippen LogP contribution in [-0.4, -0.2) is 47.9 Å². The van der Waals surface area contributed by atoms with Gasteiger partial charge in [0.15, 0.2) is 0 Å². The van der Waals surface area contributed by atoms with E-state index in [4.69, 9.17) is 0 Å². The molecule has 0 aliphatic carbocycles. The molecule has 0 radical (unpaired) electrons. The highest BCUT2D eigenvalue weighted by molar-refractivity contribution is 5.92. The first-order valence-electron chi connectivity index (χ1n) is 5.77. The van der Waals surface area contributed by atoms with Crippen molar-refractivity contribution in [3.63, 3.8) is 0 Å². The fourth-order valence-electron chi connectivity index (χ4n) is 1.82. The van der Waals surface area contributed by atoms with Gasteiger partial charge in [-0.05, 0) is 20.3 Å². The van der Waals surface area contributed by atoms with Crippen LogP contribution in [0.25, 0.3) is 0 Å². The minimum Gasteiger partial charge on any atom is -0.336 e. The molecule has 0 spiro atoms. The summed E-state index contributed by atoms with van der Waals surface area (Å²) in [5.74, 6) is 0.140. The number of hydrogen-bond donors (Lipinski definition) is 0. The van der Waals surface area contributed by atoms with Crippen LogP contribution in [0, 0.1) is 0 Å². The third-order valence-corrected chi connectivity index (χ3v) is 3.06. The van der Waals surface area contributed by atoms with Gasteiger partial charge in [-0.1, -0.05) is 13.5 Å². The van der Waals surface area contributed by atoms with Gasteiger partial charge in [0, 0.05) is 37.8 Å². The molecule has 3 heteroatoms. The Labute approximate surface area is 92.7 Å². The molecule has 0 saturated carbocycles. The van der Waals surface area contributed by atoms with E-state index in [0.717, 1.165) is 38.2 Å². The van der Waals surface area contributed by atoms with Crippen LogP contribution in [0.4, 0.5) is 0 Å². The van der Waals surface area contributed by atoms with Crippen LogP contribution in [0.5, 0.6) is 0 Å². The number of carbonyl (C=O) groups is 1. The second kappa shape index (κ2) is 5.31. The van der Waals surface area contributed by atoms with E-state index in [1.807, 2.05) is 11.8 Å². The Hall–Kier alpha value is -0.830. The van der Waals surface area contributed by atoms with Gasteiger partial charge >= 0.3 is 0 Å². The van der Waals surface area contributed by atoms with Crippen LogP contribution in [0.1, 0.15) is 27.2 Å². The first-order chi connectivity index (χ1) is 7.06. The molecule has 3 nitrogen and oxygen atoms in total. The molecule has 0 aromatic rings. The van der Waals surface area contributed by atoms with E-state index in [9.17, 15) is 4.79 Å². The summed E-state index contributed by atoms with van der Waals surface area (Å²) >= 11 is 0. The van der Waals surface area contributed by atoms with Gasteiger partial charge < -0.3 is 4.90 Å². The van der Waals surface area contributed by atoms with Crippen molar-refractivity contribution in [2.24, 2.45) is 0 Å². The van der Waals surface area contributed by atoms with E-state index in [-0.39, 0.29) is 5.91 Å². The monoisotopic (exact) mass is 210 g/mol. The maximum absolute atomic E-state index is 11.8. The molecule has 1 amide bonds. The summed E-state index contributed by atoms with van der Waals surface area (Å²) in [6.45, 7) is 13.8. The number of carbonyl (C=O) groups excluding carboxylic acids is 1. The quantitative estimate of drug-likeness (QED) is 0.659. The molecule has 15 heavy (non-hydrogen) atoms. The lowest BCUT2D eigenvalue weighted by Gasteiger charge is -2.37. The van der Waals surface area contributed by atoms with Gasteiger partial charge in [-0.2, -0.15) is 0 Å². The van der Waals surface area contributed by atoms with Gasteiger partial charge in [-0.25, -0.2) is 0 Å². The summed E-state index contributed by atoms with van der Waals surface area (Å²) in [6.07, 6.45) is 0.753. The lowest BCUT2D eigenvalue weighted by Crippen LogP contribution is -2.50. The molecule has 1 saturated heterocycles.